The molecule has 0 saturated carbocycles. The van der Waals surface area contributed by atoms with Gasteiger partial charge in [0.2, 0.25) is 0 Å². The highest BCUT2D eigenvalue weighted by Crippen LogP contribution is 1.98. The van der Waals surface area contributed by atoms with Crippen molar-refractivity contribution in [2.75, 3.05) is 6.54 Å². The molecule has 1 N–H and O–H groups in total. The summed E-state index contributed by atoms with van der Waals surface area (Å²) in [4.78, 5) is 0. The Kier molecular flexibility index (Phi) is 1.15. The normalized spacial score (nSPS) is 25.4. The molecule has 0 unspecified atom stereocenters. The molecule has 0 aromatic carbocycles. The maximum absolute atomic E-state index is 8.06. The van der Waals surface area contributed by atoms with E-state index in [1.54, 1.807) is 0 Å². The number of hydrogen-bond donors (Lipinski definition) is 1. The zero-order valence-corrected chi connectivity index (χ0v) is 3.96. The lowest BCUT2D eigenvalue weighted by Crippen LogP contribution is -2.04. The second-order valence-electron chi connectivity index (χ2n) is 1.50. The Labute approximate surface area is 42.0 Å². The number of nitrogens with zero attached hydrogens (tertiary/aromatic N) is 2. The molecule has 1 fully saturated rings. The minimum Gasteiger partial charge on any atom is -0.409 e. The van der Waals surface area contributed by atoms with Gasteiger partial charge >= 0.3 is 0 Å². The number of hydrogen-bond acceptors (Lipinski definition) is 2. The third-order valence-corrected chi connectivity index (χ3v) is 0.968. The smallest absolute Gasteiger partial charge is 0.162 e. The molecule has 0 spiro atoms. The lowest BCUT2D eigenvalue weighted by Gasteiger charge is -1.83. The first-order valence-corrected chi connectivity index (χ1v) is 2.32. The van der Waals surface area contributed by atoms with E-state index < -0.39 is 0 Å². The first-order valence-electron chi connectivity index (χ1n) is 2.32. The van der Waals surface area contributed by atoms with Crippen LogP contribution in [0.25, 0.3) is 0 Å². The predicted octanol–water partition coefficient (Wildman–Crippen LogP) is 0.172. The van der Waals surface area contributed by atoms with Crippen LogP contribution < -0.4 is 5.32 Å². The molecule has 0 aromatic rings. The van der Waals surface area contributed by atoms with Crippen LogP contribution in [0.3, 0.4) is 0 Å². The first-order chi connectivity index (χ1) is 3.43. The van der Waals surface area contributed by atoms with Crippen LogP contribution in [0, 0.1) is 0 Å². The molecule has 3 heteroatoms. The van der Waals surface area contributed by atoms with Crippen molar-refractivity contribution >= 4 is 5.84 Å². The van der Waals surface area contributed by atoms with E-state index in [-0.39, 0.29) is 0 Å². The van der Waals surface area contributed by atoms with Gasteiger partial charge in [-0.2, -0.15) is 0 Å². The molecule has 0 bridgehead atoms. The van der Waals surface area contributed by atoms with Gasteiger partial charge in [-0.1, -0.05) is 5.16 Å². The lowest BCUT2D eigenvalue weighted by atomic mass is 10.4. The lowest BCUT2D eigenvalue weighted by molar-refractivity contribution is 0.316. The van der Waals surface area contributed by atoms with E-state index >= 15 is 0 Å². The molecule has 39 valence electrons. The van der Waals surface area contributed by atoms with Gasteiger partial charge in [0.05, 0.1) is 0 Å². The summed E-state index contributed by atoms with van der Waals surface area (Å²) >= 11 is 0. The fourth-order valence-corrected chi connectivity index (χ4v) is 0.606. The van der Waals surface area contributed by atoms with E-state index in [1.807, 2.05) is 0 Å². The van der Waals surface area contributed by atoms with Crippen LogP contribution >= 0.6 is 0 Å². The van der Waals surface area contributed by atoms with Crippen LogP contribution in [0.4, 0.5) is 0 Å². The summed E-state index contributed by atoms with van der Waals surface area (Å²) in [6.45, 7) is 0.833. The monoisotopic (exact) mass is 99.1 g/mol. The third kappa shape index (κ3) is 0.824. The van der Waals surface area contributed by atoms with Gasteiger partial charge in [0, 0.05) is 13.0 Å². The summed E-state index contributed by atoms with van der Waals surface area (Å²) in [5.41, 5.74) is 0. The van der Waals surface area contributed by atoms with Crippen molar-refractivity contribution in [1.82, 2.24) is 5.32 Å². The van der Waals surface area contributed by atoms with Crippen LogP contribution in [0.5, 0.6) is 0 Å². The van der Waals surface area contributed by atoms with Gasteiger partial charge in [-0.25, -0.2) is 0 Å². The average Bonchev–Trinajstić information content (AvgIpc) is 2.14. The minimum atomic E-state index is 0.597. The van der Waals surface area contributed by atoms with Crippen molar-refractivity contribution in [3.8, 4) is 0 Å². The van der Waals surface area contributed by atoms with E-state index in [1.165, 1.54) is 0 Å². The van der Waals surface area contributed by atoms with Crippen molar-refractivity contribution in [2.45, 2.75) is 12.8 Å². The number of amidine groups is 1. The second kappa shape index (κ2) is 1.82. The van der Waals surface area contributed by atoms with Crippen LogP contribution in [-0.4, -0.2) is 17.6 Å². The average molecular weight is 99.1 g/mol. The maximum atomic E-state index is 8.06. The summed E-state index contributed by atoms with van der Waals surface area (Å²) in [6, 6.07) is 0. The zero-order chi connectivity index (χ0) is 5.11. The van der Waals surface area contributed by atoms with Gasteiger partial charge in [-0.3, -0.25) is 5.32 Å². The molecular weight excluding hydrogens is 92.1 g/mol. The molecule has 1 radical (unpaired) electrons. The van der Waals surface area contributed by atoms with E-state index in [0.29, 0.717) is 5.84 Å². The van der Waals surface area contributed by atoms with E-state index in [9.17, 15) is 0 Å². The molecule has 1 saturated heterocycles. The Balaban J connectivity index is 2.41. The maximum Gasteiger partial charge on any atom is 0.162 e. The van der Waals surface area contributed by atoms with Crippen molar-refractivity contribution in [3.05, 3.63) is 0 Å². The van der Waals surface area contributed by atoms with Crippen LogP contribution in [0.15, 0.2) is 5.16 Å². The Morgan fingerprint density at radius 3 is 2.86 bits per heavy atom. The largest absolute Gasteiger partial charge is 0.409 e. The molecule has 3 nitrogen and oxygen atoms in total. The minimum absolute atomic E-state index is 0.597. The van der Waals surface area contributed by atoms with E-state index in [0.717, 1.165) is 19.4 Å². The van der Waals surface area contributed by atoms with Crippen molar-refractivity contribution in [1.29, 1.82) is 0 Å². The number of rotatable bonds is 0. The highest BCUT2D eigenvalue weighted by molar-refractivity contribution is 5.82. The van der Waals surface area contributed by atoms with Gasteiger partial charge in [0.25, 0.3) is 0 Å². The molecule has 7 heavy (non-hydrogen) atoms. The summed E-state index contributed by atoms with van der Waals surface area (Å²) in [6.07, 6.45) is 1.88. The van der Waals surface area contributed by atoms with Crippen LogP contribution in [-0.2, 0) is 0 Å². The Bertz CT molecular complexity index is 81.7. The summed E-state index contributed by atoms with van der Waals surface area (Å²) in [5.74, 6) is 0.597. The molecule has 0 aromatic heterocycles. The standard InChI is InChI=1S/C4H7N2O/c7-6-4-2-1-3-5-4/h7H,1-3H2. The molecule has 1 rings (SSSR count). The fraction of sp³-hybridized carbons (Fsp3) is 0.750. The van der Waals surface area contributed by atoms with Gasteiger partial charge in [0.15, 0.2) is 5.84 Å². The fourth-order valence-electron chi connectivity index (χ4n) is 0.606. The van der Waals surface area contributed by atoms with Crippen molar-refractivity contribution in [2.24, 2.45) is 5.16 Å². The summed E-state index contributed by atoms with van der Waals surface area (Å²) in [7, 11) is 0. The second-order valence-corrected chi connectivity index (χ2v) is 1.50. The quantitative estimate of drug-likeness (QED) is 0.341. The SMILES string of the molecule is ON=C1CCC[N]1. The van der Waals surface area contributed by atoms with Crippen LogP contribution in [0.2, 0.25) is 0 Å². The van der Waals surface area contributed by atoms with Gasteiger partial charge < -0.3 is 5.21 Å². The Hall–Kier alpha value is -0.730. The van der Waals surface area contributed by atoms with Crippen molar-refractivity contribution < 1.29 is 5.21 Å². The molecule has 1 aliphatic rings. The van der Waals surface area contributed by atoms with Gasteiger partial charge in [0.1, 0.15) is 0 Å². The Morgan fingerprint density at radius 2 is 2.57 bits per heavy atom. The number of oxime groups is 1. The molecule has 0 aliphatic carbocycles. The molecule has 0 atom stereocenters. The van der Waals surface area contributed by atoms with E-state index in [4.69, 9.17) is 5.21 Å². The van der Waals surface area contributed by atoms with Crippen LogP contribution in [0.1, 0.15) is 12.8 Å². The topological polar surface area (TPSA) is 46.7 Å². The van der Waals surface area contributed by atoms with Gasteiger partial charge in [-0.15, -0.1) is 0 Å². The zero-order valence-electron chi connectivity index (χ0n) is 3.96. The molecular formula is C4H7N2O. The first kappa shape index (κ1) is 4.43. The molecule has 1 aliphatic heterocycles. The van der Waals surface area contributed by atoms with Crippen molar-refractivity contribution in [3.63, 3.8) is 0 Å². The summed E-state index contributed by atoms with van der Waals surface area (Å²) in [5, 5.41) is 14.9. The molecule has 1 heterocycles. The van der Waals surface area contributed by atoms with E-state index in [2.05, 4.69) is 10.5 Å². The highest BCUT2D eigenvalue weighted by Gasteiger charge is 2.07. The predicted molar refractivity (Wildman–Crippen MR) is 25.5 cm³/mol. The van der Waals surface area contributed by atoms with Gasteiger partial charge in [-0.05, 0) is 6.42 Å². The highest BCUT2D eigenvalue weighted by atomic mass is 16.4. The Morgan fingerprint density at radius 1 is 1.71 bits per heavy atom. The summed E-state index contributed by atoms with van der Waals surface area (Å²) < 4.78 is 0. The molecule has 0 amide bonds. The third-order valence-electron chi connectivity index (χ3n) is 0.968.